The van der Waals surface area contributed by atoms with Crippen LogP contribution in [0.2, 0.25) is 0 Å². The smallest absolute Gasteiger partial charge is 0.411 e. The van der Waals surface area contributed by atoms with Gasteiger partial charge in [0.15, 0.2) is 0 Å². The van der Waals surface area contributed by atoms with Crippen LogP contribution in [-0.2, 0) is 6.42 Å². The molecular weight excluding hydrogens is 186 g/mol. The molecule has 0 fully saturated rings. The molecule has 4 heteroatoms. The number of carboxylic acid groups (broad SMARTS) is 1. The molecule has 0 bridgehead atoms. The lowest BCUT2D eigenvalue weighted by Crippen LogP contribution is -2.24. The highest BCUT2D eigenvalue weighted by Gasteiger charge is 2.12. The second-order valence-corrected chi connectivity index (χ2v) is 3.45. The molecule has 3 nitrogen and oxygen atoms in total. The van der Waals surface area contributed by atoms with Crippen molar-refractivity contribution in [3.8, 4) is 12.3 Å². The van der Waals surface area contributed by atoms with Gasteiger partial charge in [-0.3, -0.25) is 4.90 Å². The van der Waals surface area contributed by atoms with Crippen LogP contribution < -0.4 is 4.90 Å². The highest BCUT2D eigenvalue weighted by molar-refractivity contribution is 7.10. The predicted molar refractivity (Wildman–Crippen MR) is 53.3 cm³/mol. The van der Waals surface area contributed by atoms with Crippen molar-refractivity contribution >= 4 is 23.1 Å². The third-order valence-electron chi connectivity index (χ3n) is 1.63. The zero-order chi connectivity index (χ0) is 9.84. The molecule has 1 rings (SSSR count). The lowest BCUT2D eigenvalue weighted by atomic mass is 10.3. The van der Waals surface area contributed by atoms with Crippen LogP contribution in [0.1, 0.15) is 4.88 Å². The molecule has 68 valence electrons. The summed E-state index contributed by atoms with van der Waals surface area (Å²) in [7, 11) is 1.50. The maximum atomic E-state index is 10.6. The monoisotopic (exact) mass is 195 g/mol. The molecule has 0 aliphatic carbocycles. The van der Waals surface area contributed by atoms with Gasteiger partial charge in [0, 0.05) is 18.3 Å². The molecule has 13 heavy (non-hydrogen) atoms. The summed E-state index contributed by atoms with van der Waals surface area (Å²) in [6.45, 7) is 0. The molecule has 0 saturated carbocycles. The first-order valence-corrected chi connectivity index (χ1v) is 4.51. The van der Waals surface area contributed by atoms with E-state index in [0.29, 0.717) is 12.1 Å². The SMILES string of the molecule is C#CCc1sccc1N(C)C(=O)O. The van der Waals surface area contributed by atoms with Crippen molar-refractivity contribution in [3.63, 3.8) is 0 Å². The second kappa shape index (κ2) is 3.97. The summed E-state index contributed by atoms with van der Waals surface area (Å²) >= 11 is 1.47. The number of hydrogen-bond donors (Lipinski definition) is 1. The molecule has 0 spiro atoms. The zero-order valence-corrected chi connectivity index (χ0v) is 7.97. The summed E-state index contributed by atoms with van der Waals surface area (Å²) in [5.41, 5.74) is 0.676. The van der Waals surface area contributed by atoms with Crippen LogP contribution in [0.25, 0.3) is 0 Å². The number of hydrogen-bond acceptors (Lipinski definition) is 2. The van der Waals surface area contributed by atoms with Gasteiger partial charge in [-0.1, -0.05) is 0 Å². The lowest BCUT2D eigenvalue weighted by Gasteiger charge is -2.12. The Morgan fingerprint density at radius 1 is 1.85 bits per heavy atom. The van der Waals surface area contributed by atoms with Gasteiger partial charge in [0.25, 0.3) is 0 Å². The molecule has 0 aromatic carbocycles. The van der Waals surface area contributed by atoms with E-state index in [-0.39, 0.29) is 0 Å². The highest BCUT2D eigenvalue weighted by atomic mass is 32.1. The molecule has 0 atom stereocenters. The van der Waals surface area contributed by atoms with Crippen molar-refractivity contribution in [2.24, 2.45) is 0 Å². The van der Waals surface area contributed by atoms with E-state index in [2.05, 4.69) is 5.92 Å². The van der Waals surface area contributed by atoms with Gasteiger partial charge in [-0.05, 0) is 11.4 Å². The largest absolute Gasteiger partial charge is 0.465 e. The van der Waals surface area contributed by atoms with Gasteiger partial charge in [-0.15, -0.1) is 23.7 Å². The van der Waals surface area contributed by atoms with Gasteiger partial charge in [-0.2, -0.15) is 0 Å². The number of rotatable bonds is 2. The van der Waals surface area contributed by atoms with Gasteiger partial charge < -0.3 is 5.11 Å². The summed E-state index contributed by atoms with van der Waals surface area (Å²) in [4.78, 5) is 12.7. The first kappa shape index (κ1) is 9.62. The van der Waals surface area contributed by atoms with Crippen molar-refractivity contribution < 1.29 is 9.90 Å². The number of thiophene rings is 1. The fourth-order valence-electron chi connectivity index (χ4n) is 0.961. The Labute approximate surface area is 80.6 Å². The van der Waals surface area contributed by atoms with E-state index in [9.17, 15) is 4.79 Å². The Morgan fingerprint density at radius 3 is 3.08 bits per heavy atom. The van der Waals surface area contributed by atoms with Crippen molar-refractivity contribution in [2.45, 2.75) is 6.42 Å². The van der Waals surface area contributed by atoms with Crippen molar-refractivity contribution in [2.75, 3.05) is 11.9 Å². The fraction of sp³-hybridized carbons (Fsp3) is 0.222. The molecule has 0 aliphatic rings. The molecule has 1 aromatic heterocycles. The van der Waals surface area contributed by atoms with Crippen molar-refractivity contribution in [3.05, 3.63) is 16.3 Å². The predicted octanol–water partition coefficient (Wildman–Crippen LogP) is 2.04. The topological polar surface area (TPSA) is 40.5 Å². The number of carbonyl (C=O) groups is 1. The number of nitrogens with zero attached hydrogens (tertiary/aromatic N) is 1. The van der Waals surface area contributed by atoms with E-state index in [1.807, 2.05) is 5.38 Å². The minimum absolute atomic E-state index is 0.477. The van der Waals surface area contributed by atoms with Gasteiger partial charge in [0.2, 0.25) is 0 Å². The quantitative estimate of drug-likeness (QED) is 0.733. The summed E-state index contributed by atoms with van der Waals surface area (Å²) < 4.78 is 0. The molecule has 0 unspecified atom stereocenters. The number of terminal acetylenes is 1. The highest BCUT2D eigenvalue weighted by Crippen LogP contribution is 2.25. The number of amides is 1. The Morgan fingerprint density at radius 2 is 2.54 bits per heavy atom. The first-order chi connectivity index (χ1) is 6.16. The minimum atomic E-state index is -0.975. The molecule has 1 aromatic rings. The maximum Gasteiger partial charge on any atom is 0.411 e. The van der Waals surface area contributed by atoms with Gasteiger partial charge >= 0.3 is 6.09 Å². The van der Waals surface area contributed by atoms with Gasteiger partial charge in [0.05, 0.1) is 5.69 Å². The van der Waals surface area contributed by atoms with Crippen molar-refractivity contribution in [1.29, 1.82) is 0 Å². The Bertz CT molecular complexity index is 351. The number of anilines is 1. The van der Waals surface area contributed by atoms with E-state index in [0.717, 1.165) is 4.88 Å². The van der Waals surface area contributed by atoms with Gasteiger partial charge in [0.1, 0.15) is 0 Å². The normalized spacial score (nSPS) is 9.23. The van der Waals surface area contributed by atoms with E-state index >= 15 is 0 Å². The van der Waals surface area contributed by atoms with E-state index in [4.69, 9.17) is 11.5 Å². The van der Waals surface area contributed by atoms with E-state index in [1.165, 1.54) is 23.3 Å². The average molecular weight is 195 g/mol. The lowest BCUT2D eigenvalue weighted by molar-refractivity contribution is 0.203. The average Bonchev–Trinajstić information content (AvgIpc) is 2.52. The van der Waals surface area contributed by atoms with E-state index in [1.54, 1.807) is 6.07 Å². The van der Waals surface area contributed by atoms with Crippen LogP contribution in [0.4, 0.5) is 10.5 Å². The summed E-state index contributed by atoms with van der Waals surface area (Å²) in [6.07, 6.45) is 4.66. The maximum absolute atomic E-state index is 10.6. The molecule has 0 radical (unpaired) electrons. The third kappa shape index (κ3) is 2.01. The first-order valence-electron chi connectivity index (χ1n) is 3.63. The third-order valence-corrected chi connectivity index (χ3v) is 2.54. The molecule has 1 amide bonds. The Hall–Kier alpha value is -1.47. The Kier molecular flexibility index (Phi) is 2.93. The van der Waals surface area contributed by atoms with Gasteiger partial charge in [-0.25, -0.2) is 4.79 Å². The summed E-state index contributed by atoms with van der Waals surface area (Å²) in [5.74, 6) is 2.50. The van der Waals surface area contributed by atoms with Crippen LogP contribution in [0, 0.1) is 12.3 Å². The molecule has 0 saturated heterocycles. The minimum Gasteiger partial charge on any atom is -0.465 e. The van der Waals surface area contributed by atoms with Crippen molar-refractivity contribution in [1.82, 2.24) is 0 Å². The Balaban J connectivity index is 2.94. The van der Waals surface area contributed by atoms with E-state index < -0.39 is 6.09 Å². The fourth-order valence-corrected chi connectivity index (χ4v) is 1.81. The molecule has 1 N–H and O–H groups in total. The van der Waals surface area contributed by atoms with Crippen LogP contribution in [-0.4, -0.2) is 18.2 Å². The second-order valence-electron chi connectivity index (χ2n) is 2.45. The van der Waals surface area contributed by atoms with Crippen LogP contribution in [0.5, 0.6) is 0 Å². The standard InChI is InChI=1S/C9H9NO2S/c1-3-4-8-7(5-6-13-8)10(2)9(11)12/h1,5-6H,4H2,2H3,(H,11,12). The van der Waals surface area contributed by atoms with Crippen LogP contribution in [0.3, 0.4) is 0 Å². The molecular formula is C9H9NO2S. The molecule has 1 heterocycles. The van der Waals surface area contributed by atoms with Crippen LogP contribution in [0.15, 0.2) is 11.4 Å². The zero-order valence-electron chi connectivity index (χ0n) is 7.15. The summed E-state index contributed by atoms with van der Waals surface area (Å²) in [6, 6.07) is 1.76. The van der Waals surface area contributed by atoms with Crippen LogP contribution >= 0.6 is 11.3 Å². The summed E-state index contributed by atoms with van der Waals surface area (Å²) in [5, 5.41) is 10.6. The molecule has 0 aliphatic heterocycles.